The normalized spacial score (nSPS) is 14.1. The van der Waals surface area contributed by atoms with Crippen molar-refractivity contribution in [3.63, 3.8) is 0 Å². The molecule has 0 radical (unpaired) electrons. The Labute approximate surface area is 131 Å². The molecule has 1 fully saturated rings. The van der Waals surface area contributed by atoms with Crippen LogP contribution in [0.3, 0.4) is 0 Å². The molecule has 3 rings (SSSR count). The minimum atomic E-state index is -0.0810. The number of benzene rings is 1. The van der Waals surface area contributed by atoms with Crippen molar-refractivity contribution < 1.29 is 4.79 Å². The maximum atomic E-state index is 12.7. The van der Waals surface area contributed by atoms with Gasteiger partial charge in [-0.3, -0.25) is 4.79 Å². The van der Waals surface area contributed by atoms with Gasteiger partial charge in [0.2, 0.25) is 0 Å². The molecule has 2 N–H and O–H groups in total. The lowest BCUT2D eigenvalue weighted by Gasteiger charge is -2.20. The van der Waals surface area contributed by atoms with Gasteiger partial charge in [0.1, 0.15) is 4.88 Å². The Balaban J connectivity index is 1.99. The number of nitrogens with zero attached hydrogens (tertiary/aromatic N) is 2. The second-order valence-electron chi connectivity index (χ2n) is 5.10. The van der Waals surface area contributed by atoms with E-state index in [1.165, 1.54) is 11.3 Å². The number of thiophene rings is 1. The molecule has 21 heavy (non-hydrogen) atoms. The van der Waals surface area contributed by atoms with Crippen molar-refractivity contribution in [3.05, 3.63) is 28.1 Å². The van der Waals surface area contributed by atoms with Gasteiger partial charge in [-0.15, -0.1) is 11.3 Å². The van der Waals surface area contributed by atoms with E-state index in [0.717, 1.165) is 22.9 Å². The number of carbonyl (C=O) groups excluding carboxylic acids is 1. The second-order valence-corrected chi connectivity index (χ2v) is 6.56. The Morgan fingerprint density at radius 3 is 2.90 bits per heavy atom. The van der Waals surface area contributed by atoms with Crippen LogP contribution in [0.15, 0.2) is 18.2 Å². The van der Waals surface area contributed by atoms with E-state index >= 15 is 0 Å². The largest absolute Gasteiger partial charge is 0.397 e. The molecule has 0 unspecified atom stereocenters. The van der Waals surface area contributed by atoms with E-state index in [9.17, 15) is 4.79 Å². The zero-order valence-electron chi connectivity index (χ0n) is 11.3. The summed E-state index contributed by atoms with van der Waals surface area (Å²) in [5.74, 6) is -0.0810. The molecule has 1 aliphatic rings. The molecule has 0 spiro atoms. The van der Waals surface area contributed by atoms with E-state index in [1.807, 2.05) is 12.1 Å². The molecular weight excluding hydrogens is 306 g/mol. The summed E-state index contributed by atoms with van der Waals surface area (Å²) in [6.07, 6.45) is 2.35. The van der Waals surface area contributed by atoms with Crippen molar-refractivity contribution in [2.75, 3.05) is 12.3 Å². The zero-order valence-corrected chi connectivity index (χ0v) is 12.9. The molecule has 108 valence electrons. The summed E-state index contributed by atoms with van der Waals surface area (Å²) < 4.78 is 0.916. The second kappa shape index (κ2) is 5.55. The van der Waals surface area contributed by atoms with Crippen molar-refractivity contribution >= 4 is 44.6 Å². The molecule has 0 saturated heterocycles. The summed E-state index contributed by atoms with van der Waals surface area (Å²) in [5.41, 5.74) is 6.59. The summed E-state index contributed by atoms with van der Waals surface area (Å²) >= 11 is 7.55. The highest BCUT2D eigenvalue weighted by atomic mass is 35.5. The number of rotatable bonds is 4. The van der Waals surface area contributed by atoms with Crippen LogP contribution in [0, 0.1) is 11.3 Å². The lowest BCUT2D eigenvalue weighted by Crippen LogP contribution is -2.33. The fourth-order valence-corrected chi connectivity index (χ4v) is 3.86. The number of nitrogens with two attached hydrogens (primary N) is 1. The molecule has 1 aromatic carbocycles. The van der Waals surface area contributed by atoms with Crippen LogP contribution in [0.4, 0.5) is 5.69 Å². The Morgan fingerprint density at radius 2 is 2.29 bits per heavy atom. The number of hydrogen-bond acceptors (Lipinski definition) is 4. The number of amides is 1. The van der Waals surface area contributed by atoms with Crippen LogP contribution in [0.5, 0.6) is 0 Å². The number of halogens is 1. The van der Waals surface area contributed by atoms with Crippen LogP contribution in [0.1, 0.15) is 28.9 Å². The molecule has 1 amide bonds. The van der Waals surface area contributed by atoms with E-state index in [-0.39, 0.29) is 11.9 Å². The zero-order chi connectivity index (χ0) is 15.0. The molecule has 1 aliphatic carbocycles. The predicted octanol–water partition coefficient (Wildman–Crippen LogP) is 3.66. The average molecular weight is 320 g/mol. The molecule has 0 atom stereocenters. The first kappa shape index (κ1) is 14.2. The fraction of sp³-hybridized carbons (Fsp3) is 0.333. The van der Waals surface area contributed by atoms with E-state index in [0.29, 0.717) is 28.6 Å². The highest BCUT2D eigenvalue weighted by molar-refractivity contribution is 7.21. The number of anilines is 1. The molecule has 1 aromatic heterocycles. The van der Waals surface area contributed by atoms with E-state index in [2.05, 4.69) is 6.07 Å². The molecule has 1 heterocycles. The molecule has 6 heteroatoms. The van der Waals surface area contributed by atoms with E-state index in [4.69, 9.17) is 22.6 Å². The Hall–Kier alpha value is -1.77. The lowest BCUT2D eigenvalue weighted by molar-refractivity contribution is 0.0753. The summed E-state index contributed by atoms with van der Waals surface area (Å²) in [6.45, 7) is 0.460. The highest BCUT2D eigenvalue weighted by Crippen LogP contribution is 2.40. The maximum Gasteiger partial charge on any atom is 0.266 e. The molecule has 1 saturated carbocycles. The quantitative estimate of drug-likeness (QED) is 0.935. The Bertz CT molecular complexity index is 745. The number of nitriles is 1. The SMILES string of the molecule is N#CCCN(C(=O)c1sc2cccc(Cl)c2c1N)C1CC1. The molecule has 2 aromatic rings. The van der Waals surface area contributed by atoms with Gasteiger partial charge in [-0.1, -0.05) is 17.7 Å². The summed E-state index contributed by atoms with van der Waals surface area (Å²) in [7, 11) is 0. The molecule has 0 bridgehead atoms. The van der Waals surface area contributed by atoms with Gasteiger partial charge < -0.3 is 10.6 Å². The Morgan fingerprint density at radius 1 is 1.52 bits per heavy atom. The van der Waals surface area contributed by atoms with Crippen LogP contribution in [0.25, 0.3) is 10.1 Å². The van der Waals surface area contributed by atoms with Crippen LogP contribution in [-0.4, -0.2) is 23.4 Å². The lowest BCUT2D eigenvalue weighted by atomic mass is 10.2. The maximum absolute atomic E-state index is 12.7. The van der Waals surface area contributed by atoms with Gasteiger partial charge in [0, 0.05) is 22.7 Å². The summed E-state index contributed by atoms with van der Waals surface area (Å²) in [5, 5.41) is 10.1. The van der Waals surface area contributed by atoms with Gasteiger partial charge >= 0.3 is 0 Å². The third kappa shape index (κ3) is 2.57. The smallest absolute Gasteiger partial charge is 0.266 e. The average Bonchev–Trinajstić information content (AvgIpc) is 3.24. The fourth-order valence-electron chi connectivity index (χ4n) is 2.43. The summed E-state index contributed by atoms with van der Waals surface area (Å²) in [6, 6.07) is 7.89. The van der Waals surface area contributed by atoms with Crippen LogP contribution < -0.4 is 5.73 Å². The van der Waals surface area contributed by atoms with E-state index < -0.39 is 0 Å². The minimum absolute atomic E-state index is 0.0810. The minimum Gasteiger partial charge on any atom is -0.397 e. The van der Waals surface area contributed by atoms with Crippen LogP contribution in [0.2, 0.25) is 5.02 Å². The first-order valence-electron chi connectivity index (χ1n) is 6.78. The van der Waals surface area contributed by atoms with Gasteiger partial charge in [-0.05, 0) is 25.0 Å². The van der Waals surface area contributed by atoms with Crippen LogP contribution >= 0.6 is 22.9 Å². The van der Waals surface area contributed by atoms with Crippen molar-refractivity contribution in [2.24, 2.45) is 0 Å². The number of hydrogen-bond donors (Lipinski definition) is 1. The third-order valence-corrected chi connectivity index (χ3v) is 5.08. The van der Waals surface area contributed by atoms with Crippen LogP contribution in [-0.2, 0) is 0 Å². The standard InChI is InChI=1S/C15H14ClN3OS/c16-10-3-1-4-11-12(10)13(18)14(21-11)15(20)19(8-2-7-17)9-5-6-9/h1,3-4,9H,2,5-6,8,18H2. The van der Waals surface area contributed by atoms with Crippen molar-refractivity contribution in [2.45, 2.75) is 25.3 Å². The molecule has 4 nitrogen and oxygen atoms in total. The number of fused-ring (bicyclic) bond motifs is 1. The van der Waals surface area contributed by atoms with Gasteiger partial charge in [0.15, 0.2) is 0 Å². The van der Waals surface area contributed by atoms with E-state index in [1.54, 1.807) is 11.0 Å². The van der Waals surface area contributed by atoms with Crippen molar-refractivity contribution in [1.82, 2.24) is 4.90 Å². The van der Waals surface area contributed by atoms with Gasteiger partial charge in [0.25, 0.3) is 5.91 Å². The van der Waals surface area contributed by atoms with Gasteiger partial charge in [-0.25, -0.2) is 0 Å². The Kier molecular flexibility index (Phi) is 3.75. The van der Waals surface area contributed by atoms with Crippen molar-refractivity contribution in [1.29, 1.82) is 5.26 Å². The number of carbonyl (C=O) groups is 1. The highest BCUT2D eigenvalue weighted by Gasteiger charge is 2.34. The van der Waals surface area contributed by atoms with Crippen molar-refractivity contribution in [3.8, 4) is 6.07 Å². The monoisotopic (exact) mass is 319 g/mol. The third-order valence-electron chi connectivity index (χ3n) is 3.61. The van der Waals surface area contributed by atoms with Gasteiger partial charge in [0.05, 0.1) is 23.2 Å². The predicted molar refractivity (Wildman–Crippen MR) is 85.5 cm³/mol. The van der Waals surface area contributed by atoms with Gasteiger partial charge in [-0.2, -0.15) is 5.26 Å². The first-order valence-corrected chi connectivity index (χ1v) is 7.97. The first-order chi connectivity index (χ1) is 10.1. The summed E-state index contributed by atoms with van der Waals surface area (Å²) in [4.78, 5) is 15.0. The number of nitrogen functional groups attached to an aromatic ring is 1. The molecule has 0 aliphatic heterocycles. The molecular formula is C15H14ClN3OS. The topological polar surface area (TPSA) is 70.1 Å².